The average molecular weight is 346 g/mol. The van der Waals surface area contributed by atoms with Gasteiger partial charge in [-0.1, -0.05) is 6.07 Å². The van der Waals surface area contributed by atoms with Crippen LogP contribution in [0.5, 0.6) is 0 Å². The number of hydrogen-bond donors (Lipinski definition) is 2. The highest BCUT2D eigenvalue weighted by Crippen LogP contribution is 2.26. The lowest BCUT2D eigenvalue weighted by Crippen LogP contribution is -2.38. The highest BCUT2D eigenvalue weighted by molar-refractivity contribution is 7.09. The van der Waals surface area contributed by atoms with Gasteiger partial charge in [-0.3, -0.25) is 4.79 Å². The zero-order valence-electron chi connectivity index (χ0n) is 11.8. The molecule has 0 saturated heterocycles. The van der Waals surface area contributed by atoms with Crippen LogP contribution in [0.1, 0.15) is 10.6 Å². The molecule has 0 spiro atoms. The van der Waals surface area contributed by atoms with Crippen LogP contribution in [-0.2, 0) is 19.3 Å². The number of alkyl halides is 3. The van der Waals surface area contributed by atoms with E-state index < -0.39 is 23.5 Å². The molecule has 0 aliphatic heterocycles. The monoisotopic (exact) mass is 346 g/mol. The molecule has 2 aromatic heterocycles. The van der Waals surface area contributed by atoms with Crippen LogP contribution in [-0.4, -0.2) is 22.4 Å². The molecule has 2 N–H and O–H groups in total. The van der Waals surface area contributed by atoms with Crippen LogP contribution in [0.4, 0.5) is 18.0 Å². The number of amides is 2. The average Bonchev–Trinajstić information content (AvgIpc) is 2.99. The lowest BCUT2D eigenvalue weighted by Gasteiger charge is -2.10. The van der Waals surface area contributed by atoms with Crippen LogP contribution in [0, 0.1) is 0 Å². The van der Waals surface area contributed by atoms with Crippen LogP contribution < -0.4 is 16.2 Å². The first-order valence-corrected chi connectivity index (χ1v) is 7.43. The molecule has 2 amide bonds. The number of aromatic nitrogens is 2. The Hall–Kier alpha value is -2.36. The van der Waals surface area contributed by atoms with Gasteiger partial charge in [-0.2, -0.15) is 18.3 Å². The number of nitrogens with one attached hydrogen (secondary N) is 2. The quantitative estimate of drug-likeness (QED) is 0.867. The molecular weight excluding hydrogens is 333 g/mol. The minimum Gasteiger partial charge on any atom is -0.336 e. The molecule has 6 nitrogen and oxygen atoms in total. The fraction of sp³-hybridized carbons (Fsp3) is 0.308. The number of nitrogens with zero attached hydrogens (tertiary/aromatic N) is 2. The van der Waals surface area contributed by atoms with E-state index in [1.807, 2.05) is 17.5 Å². The Kier molecular flexibility index (Phi) is 5.37. The summed E-state index contributed by atoms with van der Waals surface area (Å²) in [5.41, 5.74) is -1.82. The second kappa shape index (κ2) is 7.27. The molecule has 2 rings (SSSR count). The van der Waals surface area contributed by atoms with Crippen molar-refractivity contribution < 1.29 is 18.0 Å². The van der Waals surface area contributed by atoms with Crippen LogP contribution in [0.2, 0.25) is 0 Å². The third-order valence-corrected chi connectivity index (χ3v) is 3.65. The van der Waals surface area contributed by atoms with Crippen molar-refractivity contribution in [1.29, 1.82) is 0 Å². The molecule has 0 bridgehead atoms. The van der Waals surface area contributed by atoms with E-state index in [1.165, 1.54) is 11.3 Å². The van der Waals surface area contributed by atoms with E-state index in [0.29, 0.717) is 17.3 Å². The summed E-state index contributed by atoms with van der Waals surface area (Å²) in [5, 5.41) is 10.2. The number of urea groups is 1. The first kappa shape index (κ1) is 17.0. The second-order valence-corrected chi connectivity index (χ2v) is 5.50. The zero-order valence-corrected chi connectivity index (χ0v) is 12.6. The predicted octanol–water partition coefficient (Wildman–Crippen LogP) is 1.82. The molecule has 0 saturated carbocycles. The summed E-state index contributed by atoms with van der Waals surface area (Å²) in [5.74, 6) is 0. The third kappa shape index (κ3) is 5.09. The normalized spacial score (nSPS) is 11.3. The molecule has 0 fully saturated rings. The van der Waals surface area contributed by atoms with Crippen LogP contribution in [0.25, 0.3) is 0 Å². The molecule has 0 aliphatic rings. The fourth-order valence-electron chi connectivity index (χ4n) is 1.68. The van der Waals surface area contributed by atoms with Gasteiger partial charge in [0, 0.05) is 17.5 Å². The lowest BCUT2D eigenvalue weighted by molar-refractivity contribution is -0.142. The number of halogens is 3. The Morgan fingerprint density at radius 3 is 2.70 bits per heavy atom. The van der Waals surface area contributed by atoms with Crippen LogP contribution in [0.15, 0.2) is 34.4 Å². The van der Waals surface area contributed by atoms with Gasteiger partial charge in [0.2, 0.25) is 0 Å². The molecule has 0 unspecified atom stereocenters. The Bertz CT molecular complexity index is 713. The highest BCUT2D eigenvalue weighted by atomic mass is 32.1. The number of rotatable bonds is 5. The van der Waals surface area contributed by atoms with E-state index >= 15 is 0 Å². The Morgan fingerprint density at radius 2 is 2.04 bits per heavy atom. The smallest absolute Gasteiger partial charge is 0.336 e. The van der Waals surface area contributed by atoms with Crippen LogP contribution in [0.3, 0.4) is 0 Å². The Balaban J connectivity index is 1.83. The molecule has 23 heavy (non-hydrogen) atoms. The third-order valence-electron chi connectivity index (χ3n) is 2.77. The fourth-order valence-corrected chi connectivity index (χ4v) is 2.32. The zero-order chi connectivity index (χ0) is 16.9. The molecule has 0 aliphatic carbocycles. The summed E-state index contributed by atoms with van der Waals surface area (Å²) in [7, 11) is 0. The van der Waals surface area contributed by atoms with Gasteiger partial charge in [0.1, 0.15) is 0 Å². The van der Waals surface area contributed by atoms with Gasteiger partial charge in [-0.05, 0) is 17.5 Å². The van der Waals surface area contributed by atoms with E-state index in [4.69, 9.17) is 0 Å². The highest BCUT2D eigenvalue weighted by Gasteiger charge is 2.33. The van der Waals surface area contributed by atoms with Gasteiger partial charge >= 0.3 is 12.2 Å². The van der Waals surface area contributed by atoms with Crippen molar-refractivity contribution in [1.82, 2.24) is 20.4 Å². The molecule has 0 aromatic carbocycles. The molecule has 10 heteroatoms. The molecular formula is C13H13F3N4O2S. The van der Waals surface area contributed by atoms with Crippen molar-refractivity contribution >= 4 is 17.4 Å². The van der Waals surface area contributed by atoms with Crippen molar-refractivity contribution in [2.45, 2.75) is 19.3 Å². The standard InChI is InChI=1S/C13H13F3N4O2S/c14-13(15,16)10-3-4-11(21)20(19-10)6-5-17-12(22)18-8-9-2-1-7-23-9/h1-4,7H,5-6,8H2,(H2,17,18,22). The number of thiophene rings is 1. The number of carbonyl (C=O) groups is 1. The molecule has 2 heterocycles. The summed E-state index contributed by atoms with van der Waals surface area (Å²) in [6.07, 6.45) is -4.62. The predicted molar refractivity (Wildman–Crippen MR) is 78.1 cm³/mol. The summed E-state index contributed by atoms with van der Waals surface area (Å²) in [4.78, 5) is 24.0. The van der Waals surface area contributed by atoms with Crippen LogP contribution >= 0.6 is 11.3 Å². The SMILES string of the molecule is O=C(NCCn1nc(C(F)(F)F)ccc1=O)NCc1cccs1. The molecule has 0 radical (unpaired) electrons. The Morgan fingerprint density at radius 1 is 1.26 bits per heavy atom. The van der Waals surface area contributed by atoms with Gasteiger partial charge in [0.25, 0.3) is 5.56 Å². The topological polar surface area (TPSA) is 76.0 Å². The maximum Gasteiger partial charge on any atom is 0.435 e. The van der Waals surface area contributed by atoms with E-state index in [1.54, 1.807) is 0 Å². The number of carbonyl (C=O) groups excluding carboxylic acids is 1. The van der Waals surface area contributed by atoms with E-state index in [0.717, 1.165) is 10.9 Å². The van der Waals surface area contributed by atoms with E-state index in [2.05, 4.69) is 15.7 Å². The van der Waals surface area contributed by atoms with Gasteiger partial charge in [0.05, 0.1) is 13.1 Å². The molecule has 2 aromatic rings. The minimum absolute atomic E-state index is 0.0233. The van der Waals surface area contributed by atoms with Crippen molar-refractivity contribution in [2.24, 2.45) is 0 Å². The van der Waals surface area contributed by atoms with E-state index in [9.17, 15) is 22.8 Å². The summed E-state index contributed by atoms with van der Waals surface area (Å²) in [6, 6.07) is 4.66. The van der Waals surface area contributed by atoms with Gasteiger partial charge in [-0.15, -0.1) is 11.3 Å². The summed E-state index contributed by atoms with van der Waals surface area (Å²) < 4.78 is 38.3. The molecule has 124 valence electrons. The van der Waals surface area contributed by atoms with Gasteiger partial charge in [-0.25, -0.2) is 9.48 Å². The van der Waals surface area contributed by atoms with Gasteiger partial charge in [0.15, 0.2) is 5.69 Å². The van der Waals surface area contributed by atoms with Crippen molar-refractivity contribution in [3.05, 3.63) is 50.6 Å². The minimum atomic E-state index is -4.62. The van der Waals surface area contributed by atoms with Crippen molar-refractivity contribution in [3.63, 3.8) is 0 Å². The maximum atomic E-state index is 12.5. The van der Waals surface area contributed by atoms with Gasteiger partial charge < -0.3 is 10.6 Å². The van der Waals surface area contributed by atoms with Crippen molar-refractivity contribution in [2.75, 3.05) is 6.54 Å². The largest absolute Gasteiger partial charge is 0.435 e. The number of hydrogen-bond acceptors (Lipinski definition) is 4. The summed E-state index contributed by atoms with van der Waals surface area (Å²) >= 11 is 1.49. The van der Waals surface area contributed by atoms with E-state index in [-0.39, 0.29) is 13.1 Å². The first-order valence-electron chi connectivity index (χ1n) is 6.56. The Labute approximate surface area is 132 Å². The lowest BCUT2D eigenvalue weighted by atomic mass is 10.4. The summed E-state index contributed by atoms with van der Waals surface area (Å²) in [6.45, 7) is 0.172. The first-order chi connectivity index (χ1) is 10.9. The van der Waals surface area contributed by atoms with Crippen molar-refractivity contribution in [3.8, 4) is 0 Å². The maximum absolute atomic E-state index is 12.5. The molecule has 0 atom stereocenters. The second-order valence-electron chi connectivity index (χ2n) is 4.47.